The van der Waals surface area contributed by atoms with E-state index in [1.165, 1.54) is 19.2 Å². The Labute approximate surface area is 116 Å². The van der Waals surface area contributed by atoms with Gasteiger partial charge in [-0.2, -0.15) is 0 Å². The highest BCUT2D eigenvalue weighted by atomic mass is 16.6. The van der Waals surface area contributed by atoms with Crippen molar-refractivity contribution in [2.24, 2.45) is 0 Å². The lowest BCUT2D eigenvalue weighted by atomic mass is 9.99. The molecule has 0 fully saturated rings. The summed E-state index contributed by atoms with van der Waals surface area (Å²) in [4.78, 5) is 21.5. The Bertz CT molecular complexity index is 517. The first-order chi connectivity index (χ1) is 9.34. The maximum Gasteiger partial charge on any atom is 0.323 e. The van der Waals surface area contributed by atoms with Crippen molar-refractivity contribution in [3.8, 4) is 5.75 Å². The molecule has 0 spiro atoms. The summed E-state index contributed by atoms with van der Waals surface area (Å²) in [5.41, 5.74) is -0.576. The first-order valence-electron chi connectivity index (χ1n) is 6.13. The predicted molar refractivity (Wildman–Crippen MR) is 72.8 cm³/mol. The van der Waals surface area contributed by atoms with Crippen LogP contribution in [-0.2, 0) is 11.3 Å². The number of rotatable bonds is 7. The zero-order chi connectivity index (χ0) is 15.3. The number of nitro groups is 1. The summed E-state index contributed by atoms with van der Waals surface area (Å²) in [6.45, 7) is 3.56. The SMILES string of the molecule is CCC(C)(NCc1ccc(OC)c([N+](=O)[O-])c1)C(=O)O. The molecule has 1 aromatic rings. The van der Waals surface area contributed by atoms with E-state index in [1.54, 1.807) is 19.9 Å². The third-order valence-corrected chi connectivity index (χ3v) is 3.30. The number of carboxylic acid groups (broad SMARTS) is 1. The molecule has 0 aliphatic carbocycles. The van der Waals surface area contributed by atoms with Crippen LogP contribution in [0.5, 0.6) is 5.75 Å². The smallest absolute Gasteiger partial charge is 0.323 e. The van der Waals surface area contributed by atoms with E-state index in [0.29, 0.717) is 12.0 Å². The molecule has 1 aromatic carbocycles. The van der Waals surface area contributed by atoms with E-state index in [2.05, 4.69) is 5.32 Å². The first kappa shape index (κ1) is 15.9. The summed E-state index contributed by atoms with van der Waals surface area (Å²) in [6, 6.07) is 4.54. The van der Waals surface area contributed by atoms with E-state index < -0.39 is 16.4 Å². The van der Waals surface area contributed by atoms with Crippen LogP contribution in [0.2, 0.25) is 0 Å². The number of hydrogen-bond acceptors (Lipinski definition) is 5. The Kier molecular flexibility index (Phi) is 5.04. The van der Waals surface area contributed by atoms with Gasteiger partial charge in [-0.25, -0.2) is 0 Å². The molecule has 2 N–H and O–H groups in total. The number of nitrogens with one attached hydrogen (secondary N) is 1. The average molecular weight is 282 g/mol. The van der Waals surface area contributed by atoms with Crippen LogP contribution in [0.4, 0.5) is 5.69 Å². The Balaban J connectivity index is 2.92. The minimum Gasteiger partial charge on any atom is -0.490 e. The molecule has 0 bridgehead atoms. The standard InChI is InChI=1S/C13H18N2O5/c1-4-13(2,12(16)17)14-8-9-5-6-11(20-3)10(7-9)15(18)19/h5-7,14H,4,8H2,1-3H3,(H,16,17). The van der Waals surface area contributed by atoms with Gasteiger partial charge in [0.15, 0.2) is 5.75 Å². The summed E-state index contributed by atoms with van der Waals surface area (Å²) >= 11 is 0. The first-order valence-corrected chi connectivity index (χ1v) is 6.13. The van der Waals surface area contributed by atoms with Crippen LogP contribution >= 0.6 is 0 Å². The van der Waals surface area contributed by atoms with Crippen molar-refractivity contribution in [1.82, 2.24) is 5.32 Å². The summed E-state index contributed by atoms with van der Waals surface area (Å²) in [5, 5.41) is 23.0. The molecule has 1 unspecified atom stereocenters. The third-order valence-electron chi connectivity index (χ3n) is 3.30. The molecule has 0 aromatic heterocycles. The summed E-state index contributed by atoms with van der Waals surface area (Å²) in [7, 11) is 1.36. The molecule has 110 valence electrons. The molecule has 0 heterocycles. The van der Waals surface area contributed by atoms with Gasteiger partial charge in [0, 0.05) is 12.6 Å². The molecular formula is C13H18N2O5. The molecule has 0 radical (unpaired) electrons. The van der Waals surface area contributed by atoms with Crippen molar-refractivity contribution in [1.29, 1.82) is 0 Å². The Morgan fingerprint density at radius 3 is 2.65 bits per heavy atom. The van der Waals surface area contributed by atoms with Crippen LogP contribution in [0.1, 0.15) is 25.8 Å². The molecular weight excluding hydrogens is 264 g/mol. The lowest BCUT2D eigenvalue weighted by Gasteiger charge is -2.24. The Hall–Kier alpha value is -2.15. The fourth-order valence-corrected chi connectivity index (χ4v) is 1.64. The summed E-state index contributed by atoms with van der Waals surface area (Å²) < 4.78 is 4.91. The normalized spacial score (nSPS) is 13.6. The van der Waals surface area contributed by atoms with Gasteiger partial charge in [-0.3, -0.25) is 20.2 Å². The number of carbonyl (C=O) groups is 1. The topological polar surface area (TPSA) is 102 Å². The van der Waals surface area contributed by atoms with Crippen molar-refractivity contribution in [2.45, 2.75) is 32.4 Å². The van der Waals surface area contributed by atoms with Crippen molar-refractivity contribution < 1.29 is 19.6 Å². The number of ether oxygens (including phenoxy) is 1. The highest BCUT2D eigenvalue weighted by Gasteiger charge is 2.30. The largest absolute Gasteiger partial charge is 0.490 e. The predicted octanol–water partition coefficient (Wildman–Crippen LogP) is 1.95. The zero-order valence-electron chi connectivity index (χ0n) is 11.7. The second kappa shape index (κ2) is 6.33. The van der Waals surface area contributed by atoms with Crippen molar-refractivity contribution >= 4 is 11.7 Å². The van der Waals surface area contributed by atoms with E-state index in [9.17, 15) is 14.9 Å². The van der Waals surface area contributed by atoms with E-state index in [4.69, 9.17) is 9.84 Å². The van der Waals surface area contributed by atoms with Crippen LogP contribution in [-0.4, -0.2) is 28.6 Å². The van der Waals surface area contributed by atoms with Crippen LogP contribution in [0.15, 0.2) is 18.2 Å². The lowest BCUT2D eigenvalue weighted by Crippen LogP contribution is -2.48. The number of methoxy groups -OCH3 is 1. The number of carboxylic acids is 1. The lowest BCUT2D eigenvalue weighted by molar-refractivity contribution is -0.385. The molecule has 1 rings (SSSR count). The molecule has 7 nitrogen and oxygen atoms in total. The van der Waals surface area contributed by atoms with Gasteiger partial charge in [0.05, 0.1) is 12.0 Å². The van der Waals surface area contributed by atoms with Gasteiger partial charge in [0.1, 0.15) is 5.54 Å². The van der Waals surface area contributed by atoms with Gasteiger partial charge in [0.25, 0.3) is 0 Å². The van der Waals surface area contributed by atoms with Gasteiger partial charge in [-0.1, -0.05) is 13.0 Å². The molecule has 0 amide bonds. The molecule has 20 heavy (non-hydrogen) atoms. The van der Waals surface area contributed by atoms with E-state index in [-0.39, 0.29) is 18.0 Å². The monoisotopic (exact) mass is 282 g/mol. The minimum absolute atomic E-state index is 0.139. The molecule has 7 heteroatoms. The van der Waals surface area contributed by atoms with Crippen molar-refractivity contribution in [2.75, 3.05) is 7.11 Å². The highest BCUT2D eigenvalue weighted by Crippen LogP contribution is 2.27. The molecule has 0 saturated carbocycles. The number of hydrogen-bond donors (Lipinski definition) is 2. The second-order valence-corrected chi connectivity index (χ2v) is 4.61. The van der Waals surface area contributed by atoms with Gasteiger partial charge in [-0.15, -0.1) is 0 Å². The fourth-order valence-electron chi connectivity index (χ4n) is 1.64. The molecule has 1 atom stereocenters. The zero-order valence-corrected chi connectivity index (χ0v) is 11.7. The van der Waals surface area contributed by atoms with Crippen LogP contribution in [0.3, 0.4) is 0 Å². The number of nitro benzene ring substituents is 1. The van der Waals surface area contributed by atoms with E-state index in [0.717, 1.165) is 0 Å². The van der Waals surface area contributed by atoms with Gasteiger partial charge >= 0.3 is 11.7 Å². The fraction of sp³-hybridized carbons (Fsp3) is 0.462. The van der Waals surface area contributed by atoms with Crippen LogP contribution < -0.4 is 10.1 Å². The van der Waals surface area contributed by atoms with Gasteiger partial charge in [0.2, 0.25) is 0 Å². The maximum atomic E-state index is 11.2. The Morgan fingerprint density at radius 1 is 1.55 bits per heavy atom. The number of aliphatic carboxylic acids is 1. The average Bonchev–Trinajstić information content (AvgIpc) is 2.44. The Morgan fingerprint density at radius 2 is 2.20 bits per heavy atom. The summed E-state index contributed by atoms with van der Waals surface area (Å²) in [6.07, 6.45) is 0.403. The van der Waals surface area contributed by atoms with Gasteiger partial charge < -0.3 is 9.84 Å². The minimum atomic E-state index is -1.06. The molecule has 0 saturated heterocycles. The second-order valence-electron chi connectivity index (χ2n) is 4.61. The van der Waals surface area contributed by atoms with E-state index >= 15 is 0 Å². The maximum absolute atomic E-state index is 11.2. The van der Waals surface area contributed by atoms with Gasteiger partial charge in [-0.05, 0) is 25.0 Å². The van der Waals surface area contributed by atoms with Crippen molar-refractivity contribution in [3.63, 3.8) is 0 Å². The third kappa shape index (κ3) is 3.45. The van der Waals surface area contributed by atoms with Crippen LogP contribution in [0, 0.1) is 10.1 Å². The molecule has 0 aliphatic rings. The summed E-state index contributed by atoms with van der Waals surface area (Å²) in [5.74, 6) is -0.779. The van der Waals surface area contributed by atoms with Crippen LogP contribution in [0.25, 0.3) is 0 Å². The highest BCUT2D eigenvalue weighted by molar-refractivity contribution is 5.78. The quantitative estimate of drug-likeness (QED) is 0.585. The number of benzene rings is 1. The van der Waals surface area contributed by atoms with E-state index in [1.807, 2.05) is 0 Å². The van der Waals surface area contributed by atoms with Crippen molar-refractivity contribution in [3.05, 3.63) is 33.9 Å². The molecule has 0 aliphatic heterocycles. The number of nitrogens with zero attached hydrogens (tertiary/aromatic N) is 1.